The minimum atomic E-state index is -0.749. The molecular formula is C11H9FN4O3. The van der Waals surface area contributed by atoms with Gasteiger partial charge in [-0.2, -0.15) is 0 Å². The van der Waals surface area contributed by atoms with Gasteiger partial charge in [0.05, 0.1) is 23.1 Å². The number of hydrogen-bond donors (Lipinski definition) is 1. The molecule has 0 saturated heterocycles. The molecule has 19 heavy (non-hydrogen) atoms. The second-order valence-electron chi connectivity index (χ2n) is 3.77. The summed E-state index contributed by atoms with van der Waals surface area (Å²) in [6.07, 6.45) is 2.73. The lowest BCUT2D eigenvalue weighted by Crippen LogP contribution is -2.16. The fraction of sp³-hybridized carbons (Fsp3) is 0.0909. The molecule has 0 saturated carbocycles. The number of halogens is 1. The predicted molar refractivity (Wildman–Crippen MR) is 64.2 cm³/mol. The van der Waals surface area contributed by atoms with Crippen molar-refractivity contribution in [2.45, 2.75) is 0 Å². The highest BCUT2D eigenvalue weighted by Gasteiger charge is 2.15. The Kier molecular flexibility index (Phi) is 3.23. The molecule has 8 heteroatoms. The van der Waals surface area contributed by atoms with Gasteiger partial charge in [0.15, 0.2) is 0 Å². The second kappa shape index (κ2) is 4.84. The number of nitrogens with one attached hydrogen (secondary N) is 1. The smallest absolute Gasteiger partial charge is 0.274 e. The van der Waals surface area contributed by atoms with E-state index in [1.165, 1.54) is 17.1 Å². The zero-order chi connectivity index (χ0) is 14.0. The molecule has 0 unspecified atom stereocenters. The van der Waals surface area contributed by atoms with Crippen LogP contribution in [0.4, 0.5) is 15.8 Å². The van der Waals surface area contributed by atoms with Crippen molar-refractivity contribution >= 4 is 17.3 Å². The Morgan fingerprint density at radius 1 is 1.53 bits per heavy atom. The number of carbonyl (C=O) groups is 1. The lowest BCUT2D eigenvalue weighted by molar-refractivity contribution is -0.384. The van der Waals surface area contributed by atoms with Gasteiger partial charge < -0.3 is 9.88 Å². The van der Waals surface area contributed by atoms with Crippen molar-refractivity contribution in [2.75, 3.05) is 5.32 Å². The Bertz CT molecular complexity index is 653. The molecule has 98 valence electrons. The number of nitro groups is 1. The summed E-state index contributed by atoms with van der Waals surface area (Å²) >= 11 is 0. The normalized spacial score (nSPS) is 10.2. The van der Waals surface area contributed by atoms with Crippen molar-refractivity contribution in [3.05, 3.63) is 52.3 Å². The maximum atomic E-state index is 13.5. The number of anilines is 1. The second-order valence-corrected chi connectivity index (χ2v) is 3.77. The molecule has 1 amide bonds. The Morgan fingerprint density at radius 3 is 2.84 bits per heavy atom. The predicted octanol–water partition coefficient (Wildman–Crippen LogP) is 1.72. The van der Waals surface area contributed by atoms with Crippen LogP contribution in [0, 0.1) is 15.9 Å². The van der Waals surface area contributed by atoms with Gasteiger partial charge in [0.1, 0.15) is 11.5 Å². The maximum Gasteiger partial charge on any atom is 0.274 e. The van der Waals surface area contributed by atoms with Crippen LogP contribution in [0.2, 0.25) is 0 Å². The van der Waals surface area contributed by atoms with Crippen molar-refractivity contribution in [3.8, 4) is 0 Å². The van der Waals surface area contributed by atoms with E-state index in [1.807, 2.05) is 0 Å². The number of nitrogens with zero attached hydrogens (tertiary/aromatic N) is 3. The Hall–Kier alpha value is -2.77. The van der Waals surface area contributed by atoms with Crippen LogP contribution in [-0.2, 0) is 7.05 Å². The monoisotopic (exact) mass is 264 g/mol. The molecule has 0 aliphatic carbocycles. The van der Waals surface area contributed by atoms with E-state index in [0.29, 0.717) is 0 Å². The number of nitro benzene ring substituents is 1. The third-order valence-electron chi connectivity index (χ3n) is 2.46. The molecule has 7 nitrogen and oxygen atoms in total. The molecule has 0 fully saturated rings. The number of amides is 1. The number of hydrogen-bond acceptors (Lipinski definition) is 4. The first-order valence-corrected chi connectivity index (χ1v) is 5.20. The fourth-order valence-electron chi connectivity index (χ4n) is 1.48. The van der Waals surface area contributed by atoms with Crippen LogP contribution in [0.3, 0.4) is 0 Å². The van der Waals surface area contributed by atoms with Crippen LogP contribution in [0.1, 0.15) is 10.5 Å². The third kappa shape index (κ3) is 2.57. The van der Waals surface area contributed by atoms with E-state index in [-0.39, 0.29) is 17.1 Å². The van der Waals surface area contributed by atoms with Gasteiger partial charge in [-0.3, -0.25) is 14.9 Å². The number of imidazole rings is 1. The number of aromatic nitrogens is 2. The first-order valence-electron chi connectivity index (χ1n) is 5.20. The summed E-state index contributed by atoms with van der Waals surface area (Å²) in [5.74, 6) is -1.35. The zero-order valence-corrected chi connectivity index (χ0v) is 9.83. The Labute approximate surface area is 106 Å². The average molecular weight is 264 g/mol. The van der Waals surface area contributed by atoms with E-state index >= 15 is 0 Å². The summed E-state index contributed by atoms with van der Waals surface area (Å²) < 4.78 is 14.9. The van der Waals surface area contributed by atoms with E-state index in [4.69, 9.17) is 0 Å². The number of rotatable bonds is 3. The van der Waals surface area contributed by atoms with E-state index in [9.17, 15) is 19.3 Å². The molecule has 1 aromatic heterocycles. The van der Waals surface area contributed by atoms with Crippen LogP contribution in [0.25, 0.3) is 0 Å². The van der Waals surface area contributed by atoms with Gasteiger partial charge >= 0.3 is 0 Å². The summed E-state index contributed by atoms with van der Waals surface area (Å²) in [6.45, 7) is 0. The summed E-state index contributed by atoms with van der Waals surface area (Å²) in [5, 5.41) is 12.9. The van der Waals surface area contributed by atoms with Crippen molar-refractivity contribution < 1.29 is 14.1 Å². The SMILES string of the molecule is Cn1cncc1C(=O)Nc1cc([N+](=O)[O-])ccc1F. The molecule has 0 aliphatic rings. The summed E-state index contributed by atoms with van der Waals surface area (Å²) in [5.41, 5.74) is -0.340. The van der Waals surface area contributed by atoms with Gasteiger partial charge in [-0.25, -0.2) is 9.37 Å². The molecule has 0 radical (unpaired) electrons. The van der Waals surface area contributed by atoms with E-state index < -0.39 is 16.6 Å². The zero-order valence-electron chi connectivity index (χ0n) is 9.83. The Morgan fingerprint density at radius 2 is 2.26 bits per heavy atom. The molecule has 1 aromatic carbocycles. The van der Waals surface area contributed by atoms with Gasteiger partial charge in [-0.05, 0) is 6.07 Å². The topological polar surface area (TPSA) is 90.1 Å². The van der Waals surface area contributed by atoms with Crippen molar-refractivity contribution in [1.29, 1.82) is 0 Å². The van der Waals surface area contributed by atoms with Crippen molar-refractivity contribution in [1.82, 2.24) is 9.55 Å². The van der Waals surface area contributed by atoms with Crippen LogP contribution in [-0.4, -0.2) is 20.4 Å². The summed E-state index contributed by atoms with van der Waals surface area (Å²) in [6, 6.07) is 2.91. The van der Waals surface area contributed by atoms with Gasteiger partial charge in [0.25, 0.3) is 11.6 Å². The molecule has 0 atom stereocenters. The third-order valence-corrected chi connectivity index (χ3v) is 2.46. The van der Waals surface area contributed by atoms with Crippen LogP contribution in [0.5, 0.6) is 0 Å². The minimum Gasteiger partial charge on any atom is -0.330 e. The quantitative estimate of drug-likeness (QED) is 0.675. The minimum absolute atomic E-state index is 0.214. The highest BCUT2D eigenvalue weighted by atomic mass is 19.1. The molecule has 0 spiro atoms. The highest BCUT2D eigenvalue weighted by Crippen LogP contribution is 2.21. The largest absolute Gasteiger partial charge is 0.330 e. The average Bonchev–Trinajstić information content (AvgIpc) is 2.78. The highest BCUT2D eigenvalue weighted by molar-refractivity contribution is 6.03. The fourth-order valence-corrected chi connectivity index (χ4v) is 1.48. The maximum absolute atomic E-state index is 13.5. The van der Waals surface area contributed by atoms with Crippen molar-refractivity contribution in [2.24, 2.45) is 7.05 Å². The molecule has 0 aliphatic heterocycles. The summed E-state index contributed by atoms with van der Waals surface area (Å²) in [7, 11) is 1.60. The summed E-state index contributed by atoms with van der Waals surface area (Å²) in [4.78, 5) is 25.5. The van der Waals surface area contributed by atoms with Crippen LogP contribution >= 0.6 is 0 Å². The van der Waals surface area contributed by atoms with E-state index in [1.54, 1.807) is 7.05 Å². The molecule has 1 heterocycles. The van der Waals surface area contributed by atoms with E-state index in [0.717, 1.165) is 18.2 Å². The molecule has 2 aromatic rings. The molecule has 2 rings (SSSR count). The van der Waals surface area contributed by atoms with Gasteiger partial charge in [0, 0.05) is 19.2 Å². The lowest BCUT2D eigenvalue weighted by atomic mass is 10.2. The lowest BCUT2D eigenvalue weighted by Gasteiger charge is -2.06. The van der Waals surface area contributed by atoms with E-state index in [2.05, 4.69) is 10.3 Å². The number of non-ortho nitro benzene ring substituents is 1. The van der Waals surface area contributed by atoms with Gasteiger partial charge in [-0.15, -0.1) is 0 Å². The van der Waals surface area contributed by atoms with Gasteiger partial charge in [-0.1, -0.05) is 0 Å². The molecule has 0 bridgehead atoms. The first-order chi connectivity index (χ1) is 8.99. The van der Waals surface area contributed by atoms with Crippen LogP contribution in [0.15, 0.2) is 30.7 Å². The number of benzene rings is 1. The molecular weight excluding hydrogens is 255 g/mol. The van der Waals surface area contributed by atoms with Gasteiger partial charge in [0.2, 0.25) is 0 Å². The number of carbonyl (C=O) groups excluding carboxylic acids is 1. The Balaban J connectivity index is 2.28. The standard InChI is InChI=1S/C11H9FN4O3/c1-15-6-13-5-10(15)11(17)14-9-4-7(16(18)19)2-3-8(9)12/h2-6H,1H3,(H,14,17). The molecule has 1 N–H and O–H groups in total. The first kappa shape index (κ1) is 12.7. The van der Waals surface area contributed by atoms with Crippen molar-refractivity contribution in [3.63, 3.8) is 0 Å². The van der Waals surface area contributed by atoms with Crippen LogP contribution < -0.4 is 5.32 Å². The number of aryl methyl sites for hydroxylation is 1.